The molecule has 30 heavy (non-hydrogen) atoms. The SMILES string of the molecule is CCc1ccccc1NC(=O)CN(C)C(=O)c1cc(C(F)(F)F)cc(C(F)(F)F)c1. The fourth-order valence-electron chi connectivity index (χ4n) is 2.73. The lowest BCUT2D eigenvalue weighted by atomic mass is 10.0. The second kappa shape index (κ2) is 8.76. The number of para-hydroxylation sites is 1. The predicted molar refractivity (Wildman–Crippen MR) is 97.9 cm³/mol. The molecule has 162 valence electrons. The summed E-state index contributed by atoms with van der Waals surface area (Å²) in [6.45, 7) is 1.31. The number of hydrogen-bond donors (Lipinski definition) is 1. The van der Waals surface area contributed by atoms with E-state index >= 15 is 0 Å². The number of carbonyl (C=O) groups is 2. The summed E-state index contributed by atoms with van der Waals surface area (Å²) < 4.78 is 77.8. The highest BCUT2D eigenvalue weighted by Crippen LogP contribution is 2.36. The van der Waals surface area contributed by atoms with Crippen LogP contribution in [-0.4, -0.2) is 30.3 Å². The highest BCUT2D eigenvalue weighted by atomic mass is 19.4. The zero-order valence-corrected chi connectivity index (χ0v) is 16.0. The van der Waals surface area contributed by atoms with E-state index in [2.05, 4.69) is 5.32 Å². The molecule has 2 amide bonds. The molecule has 0 saturated heterocycles. The number of nitrogens with one attached hydrogen (secondary N) is 1. The Morgan fingerprint density at radius 2 is 1.47 bits per heavy atom. The van der Waals surface area contributed by atoms with Gasteiger partial charge in [0.1, 0.15) is 0 Å². The van der Waals surface area contributed by atoms with Gasteiger partial charge in [0.05, 0.1) is 17.7 Å². The molecule has 0 radical (unpaired) electrons. The van der Waals surface area contributed by atoms with Gasteiger partial charge in [0.15, 0.2) is 0 Å². The van der Waals surface area contributed by atoms with Crippen LogP contribution in [0.5, 0.6) is 0 Å². The number of halogens is 6. The lowest BCUT2D eigenvalue weighted by molar-refractivity contribution is -0.143. The number of rotatable bonds is 5. The number of amides is 2. The van der Waals surface area contributed by atoms with Crippen molar-refractivity contribution in [1.82, 2.24) is 4.90 Å². The van der Waals surface area contributed by atoms with Crippen molar-refractivity contribution in [2.75, 3.05) is 18.9 Å². The van der Waals surface area contributed by atoms with Crippen molar-refractivity contribution in [1.29, 1.82) is 0 Å². The Balaban J connectivity index is 2.23. The number of nitrogens with zero attached hydrogens (tertiary/aromatic N) is 1. The van der Waals surface area contributed by atoms with Gasteiger partial charge in [-0.05, 0) is 36.2 Å². The topological polar surface area (TPSA) is 49.4 Å². The molecule has 0 aliphatic heterocycles. The van der Waals surface area contributed by atoms with E-state index in [4.69, 9.17) is 0 Å². The van der Waals surface area contributed by atoms with Crippen molar-refractivity contribution >= 4 is 17.5 Å². The maximum atomic E-state index is 13.0. The van der Waals surface area contributed by atoms with Gasteiger partial charge in [-0.1, -0.05) is 25.1 Å². The fourth-order valence-corrected chi connectivity index (χ4v) is 2.73. The van der Waals surface area contributed by atoms with Gasteiger partial charge in [-0.2, -0.15) is 26.3 Å². The molecule has 4 nitrogen and oxygen atoms in total. The van der Waals surface area contributed by atoms with Crippen molar-refractivity contribution in [3.8, 4) is 0 Å². The largest absolute Gasteiger partial charge is 0.416 e. The highest BCUT2D eigenvalue weighted by molar-refractivity contribution is 5.99. The van der Waals surface area contributed by atoms with Crippen molar-refractivity contribution in [3.05, 3.63) is 64.7 Å². The van der Waals surface area contributed by atoms with Crippen LogP contribution in [0.1, 0.15) is 34.0 Å². The molecule has 0 spiro atoms. The average Bonchev–Trinajstić information content (AvgIpc) is 2.65. The van der Waals surface area contributed by atoms with Crippen molar-refractivity contribution in [3.63, 3.8) is 0 Å². The van der Waals surface area contributed by atoms with Gasteiger partial charge in [0, 0.05) is 18.3 Å². The molecule has 0 fully saturated rings. The van der Waals surface area contributed by atoms with Crippen LogP contribution in [0.3, 0.4) is 0 Å². The lowest BCUT2D eigenvalue weighted by Gasteiger charge is -2.19. The minimum atomic E-state index is -5.07. The van der Waals surface area contributed by atoms with Crippen molar-refractivity contribution < 1.29 is 35.9 Å². The average molecular weight is 432 g/mol. The first kappa shape index (κ1) is 23.2. The molecule has 0 aliphatic rings. The van der Waals surface area contributed by atoms with Gasteiger partial charge in [-0.15, -0.1) is 0 Å². The van der Waals surface area contributed by atoms with E-state index in [0.29, 0.717) is 24.2 Å². The maximum absolute atomic E-state index is 13.0. The third-order valence-corrected chi connectivity index (χ3v) is 4.23. The Morgan fingerprint density at radius 3 is 1.97 bits per heavy atom. The first-order valence-electron chi connectivity index (χ1n) is 8.75. The van der Waals surface area contributed by atoms with Crippen LogP contribution in [0.2, 0.25) is 0 Å². The molecule has 10 heteroatoms. The number of hydrogen-bond acceptors (Lipinski definition) is 2. The number of aryl methyl sites for hydroxylation is 1. The smallest absolute Gasteiger partial charge is 0.332 e. The minimum Gasteiger partial charge on any atom is -0.332 e. The fraction of sp³-hybridized carbons (Fsp3) is 0.300. The molecular formula is C20H18F6N2O2. The summed E-state index contributed by atoms with van der Waals surface area (Å²) in [6, 6.07) is 7.48. The molecule has 1 N–H and O–H groups in total. The summed E-state index contributed by atoms with van der Waals surface area (Å²) in [5.74, 6) is -1.79. The molecule has 2 aromatic carbocycles. The number of alkyl halides is 6. The second-order valence-electron chi connectivity index (χ2n) is 6.51. The molecule has 2 rings (SSSR count). The van der Waals surface area contributed by atoms with Gasteiger partial charge in [0.25, 0.3) is 5.91 Å². The number of benzene rings is 2. The van der Waals surface area contributed by atoms with Gasteiger partial charge in [-0.3, -0.25) is 9.59 Å². The quantitative estimate of drug-likeness (QED) is 0.677. The molecule has 2 aromatic rings. The standard InChI is InChI=1S/C20H18F6N2O2/c1-3-12-6-4-5-7-16(12)27-17(29)11-28(2)18(30)13-8-14(19(21,22)23)10-15(9-13)20(24,25)26/h4-10H,3,11H2,1-2H3,(H,27,29). The van der Waals surface area contributed by atoms with E-state index in [1.165, 1.54) is 0 Å². The first-order chi connectivity index (χ1) is 13.8. The van der Waals surface area contributed by atoms with Gasteiger partial charge in [-0.25, -0.2) is 0 Å². The molecule has 0 heterocycles. The van der Waals surface area contributed by atoms with E-state index in [1.54, 1.807) is 24.3 Å². The Morgan fingerprint density at radius 1 is 0.933 bits per heavy atom. The summed E-state index contributed by atoms with van der Waals surface area (Å²) in [6.07, 6.45) is -9.53. The Kier molecular flexibility index (Phi) is 6.79. The Labute approximate surface area is 168 Å². The maximum Gasteiger partial charge on any atom is 0.416 e. The molecule has 0 atom stereocenters. The lowest BCUT2D eigenvalue weighted by Crippen LogP contribution is -2.35. The molecule has 0 bridgehead atoms. The highest BCUT2D eigenvalue weighted by Gasteiger charge is 2.37. The summed E-state index contributed by atoms with van der Waals surface area (Å²) in [5, 5.41) is 2.58. The van der Waals surface area contributed by atoms with Gasteiger partial charge in [0.2, 0.25) is 5.91 Å². The zero-order valence-electron chi connectivity index (χ0n) is 16.0. The normalized spacial score (nSPS) is 11.9. The van der Waals surface area contributed by atoms with E-state index in [0.717, 1.165) is 17.5 Å². The van der Waals surface area contributed by atoms with Crippen LogP contribution in [0, 0.1) is 0 Å². The second-order valence-corrected chi connectivity index (χ2v) is 6.51. The number of carbonyl (C=O) groups excluding carboxylic acids is 2. The van der Waals surface area contributed by atoms with Crippen LogP contribution in [0.4, 0.5) is 32.0 Å². The third kappa shape index (κ3) is 5.74. The predicted octanol–water partition coefficient (Wildman–Crippen LogP) is 5.00. The van der Waals surface area contributed by atoms with Crippen LogP contribution < -0.4 is 5.32 Å². The van der Waals surface area contributed by atoms with Gasteiger partial charge < -0.3 is 10.2 Å². The van der Waals surface area contributed by atoms with Gasteiger partial charge >= 0.3 is 12.4 Å². The van der Waals surface area contributed by atoms with E-state index < -0.39 is 47.4 Å². The summed E-state index contributed by atoms with van der Waals surface area (Å²) in [7, 11) is 1.11. The Hall–Kier alpha value is -3.04. The summed E-state index contributed by atoms with van der Waals surface area (Å²) in [4.78, 5) is 25.4. The van der Waals surface area contributed by atoms with E-state index in [9.17, 15) is 35.9 Å². The zero-order chi connectivity index (χ0) is 22.7. The minimum absolute atomic E-state index is 0.0643. The first-order valence-corrected chi connectivity index (χ1v) is 8.75. The van der Waals surface area contributed by atoms with Crippen molar-refractivity contribution in [2.45, 2.75) is 25.7 Å². The molecule has 0 saturated carbocycles. The third-order valence-electron chi connectivity index (χ3n) is 4.23. The molecule has 0 unspecified atom stereocenters. The van der Waals surface area contributed by atoms with Crippen LogP contribution in [0.15, 0.2) is 42.5 Å². The molecular weight excluding hydrogens is 414 g/mol. The number of likely N-dealkylation sites (N-methyl/N-ethyl adjacent to an activating group) is 1. The monoisotopic (exact) mass is 432 g/mol. The van der Waals surface area contributed by atoms with Crippen LogP contribution in [-0.2, 0) is 23.6 Å². The van der Waals surface area contributed by atoms with E-state index in [-0.39, 0.29) is 6.07 Å². The molecule has 0 aromatic heterocycles. The Bertz CT molecular complexity index is 905. The van der Waals surface area contributed by atoms with Crippen molar-refractivity contribution in [2.24, 2.45) is 0 Å². The van der Waals surface area contributed by atoms with Crippen LogP contribution >= 0.6 is 0 Å². The summed E-state index contributed by atoms with van der Waals surface area (Å²) in [5.41, 5.74) is -2.69. The summed E-state index contributed by atoms with van der Waals surface area (Å²) >= 11 is 0. The number of anilines is 1. The van der Waals surface area contributed by atoms with E-state index in [1.807, 2.05) is 6.92 Å². The molecule has 0 aliphatic carbocycles. The van der Waals surface area contributed by atoms with Crippen LogP contribution in [0.25, 0.3) is 0 Å².